The highest BCUT2D eigenvalue weighted by Gasteiger charge is 2.31. The van der Waals surface area contributed by atoms with E-state index in [2.05, 4.69) is 0 Å². The summed E-state index contributed by atoms with van der Waals surface area (Å²) in [5.41, 5.74) is 1.33. The molecule has 2 aromatic carbocycles. The van der Waals surface area contributed by atoms with E-state index in [0.717, 1.165) is 30.6 Å². The van der Waals surface area contributed by atoms with E-state index in [1.807, 2.05) is 38.1 Å². The first-order chi connectivity index (χ1) is 14.3. The van der Waals surface area contributed by atoms with Gasteiger partial charge in [0.25, 0.3) is 5.91 Å². The summed E-state index contributed by atoms with van der Waals surface area (Å²) in [6.07, 6.45) is 2.77. The van der Waals surface area contributed by atoms with Crippen LogP contribution in [0.25, 0.3) is 0 Å². The van der Waals surface area contributed by atoms with Gasteiger partial charge >= 0.3 is 0 Å². The zero-order valence-corrected chi connectivity index (χ0v) is 18.9. The van der Waals surface area contributed by atoms with Gasteiger partial charge in [0.15, 0.2) is 0 Å². The number of carbonyl (C=O) groups excluding carboxylic acids is 1. The predicted octanol–water partition coefficient (Wildman–Crippen LogP) is 4.09. The van der Waals surface area contributed by atoms with E-state index in [-0.39, 0.29) is 22.9 Å². The highest BCUT2D eigenvalue weighted by molar-refractivity contribution is 7.89. The fraction of sp³-hybridized carbons (Fsp3) is 0.435. The van der Waals surface area contributed by atoms with Gasteiger partial charge in [-0.15, -0.1) is 0 Å². The van der Waals surface area contributed by atoms with Crippen molar-refractivity contribution in [1.82, 2.24) is 9.21 Å². The molecule has 0 N–H and O–H groups in total. The van der Waals surface area contributed by atoms with Gasteiger partial charge in [-0.25, -0.2) is 8.42 Å². The van der Waals surface area contributed by atoms with Crippen molar-refractivity contribution < 1.29 is 17.9 Å². The number of hydrogen-bond donors (Lipinski definition) is 0. The number of piperidine rings is 1. The van der Waals surface area contributed by atoms with Crippen molar-refractivity contribution in [3.8, 4) is 5.75 Å². The number of methoxy groups -OCH3 is 1. The van der Waals surface area contributed by atoms with Gasteiger partial charge in [-0.1, -0.05) is 24.6 Å². The monoisotopic (exact) mass is 430 g/mol. The summed E-state index contributed by atoms with van der Waals surface area (Å²) in [6, 6.07) is 13.7. The quantitative estimate of drug-likeness (QED) is 0.692. The highest BCUT2D eigenvalue weighted by atomic mass is 32.2. The maximum Gasteiger partial charge on any atom is 0.254 e. The molecule has 0 radical (unpaired) electrons. The van der Waals surface area contributed by atoms with Gasteiger partial charge in [-0.3, -0.25) is 4.79 Å². The summed E-state index contributed by atoms with van der Waals surface area (Å²) < 4.78 is 33.0. The molecule has 0 aromatic heterocycles. The van der Waals surface area contributed by atoms with Crippen LogP contribution < -0.4 is 4.74 Å². The van der Waals surface area contributed by atoms with Crippen LogP contribution in [-0.4, -0.2) is 50.3 Å². The number of rotatable bonds is 6. The third kappa shape index (κ3) is 4.52. The third-order valence-corrected chi connectivity index (χ3v) is 7.94. The zero-order valence-electron chi connectivity index (χ0n) is 18.0. The molecular formula is C23H30N2O4S. The standard InChI is InChI=1S/C23H30N2O4S/c1-17-8-5-6-15-25(17)30(27,28)22-10-7-9-20(16-22)23(26)24(3)18(2)19-11-13-21(29-4)14-12-19/h7,9-14,16-18H,5-6,8,15H2,1-4H3. The largest absolute Gasteiger partial charge is 0.497 e. The average molecular weight is 431 g/mol. The summed E-state index contributed by atoms with van der Waals surface area (Å²) in [7, 11) is -0.286. The van der Waals surface area contributed by atoms with Crippen LogP contribution >= 0.6 is 0 Å². The molecule has 6 nitrogen and oxygen atoms in total. The van der Waals surface area contributed by atoms with Crippen molar-refractivity contribution in [1.29, 1.82) is 0 Å². The first kappa shape index (κ1) is 22.3. The van der Waals surface area contributed by atoms with Gasteiger partial charge in [-0.2, -0.15) is 4.31 Å². The zero-order chi connectivity index (χ0) is 21.9. The van der Waals surface area contributed by atoms with E-state index in [1.54, 1.807) is 41.6 Å². The molecule has 7 heteroatoms. The predicted molar refractivity (Wildman–Crippen MR) is 117 cm³/mol. The summed E-state index contributed by atoms with van der Waals surface area (Å²) in [5, 5.41) is 0. The molecule has 162 valence electrons. The van der Waals surface area contributed by atoms with Crippen LogP contribution in [0.15, 0.2) is 53.4 Å². The van der Waals surface area contributed by atoms with E-state index < -0.39 is 10.0 Å². The normalized spacial score (nSPS) is 18.6. The lowest BCUT2D eigenvalue weighted by Crippen LogP contribution is -2.42. The minimum Gasteiger partial charge on any atom is -0.497 e. The number of hydrogen-bond acceptors (Lipinski definition) is 4. The van der Waals surface area contributed by atoms with E-state index in [4.69, 9.17) is 4.74 Å². The van der Waals surface area contributed by atoms with Gasteiger partial charge < -0.3 is 9.64 Å². The molecule has 3 rings (SSSR count). The van der Waals surface area contributed by atoms with Crippen LogP contribution in [0.4, 0.5) is 0 Å². The second-order valence-corrected chi connectivity index (χ2v) is 9.74. The number of carbonyl (C=O) groups is 1. The summed E-state index contributed by atoms with van der Waals surface area (Å²) >= 11 is 0. The molecule has 1 heterocycles. The van der Waals surface area contributed by atoms with Crippen LogP contribution in [0.3, 0.4) is 0 Å². The molecule has 2 atom stereocenters. The average Bonchev–Trinajstić information content (AvgIpc) is 2.78. The number of nitrogens with zero attached hydrogens (tertiary/aromatic N) is 2. The van der Waals surface area contributed by atoms with Crippen LogP contribution in [0.5, 0.6) is 5.75 Å². The van der Waals surface area contributed by atoms with E-state index >= 15 is 0 Å². The molecule has 0 spiro atoms. The Morgan fingerprint density at radius 1 is 1.17 bits per heavy atom. The highest BCUT2D eigenvalue weighted by Crippen LogP contribution is 2.27. The third-order valence-electron chi connectivity index (χ3n) is 5.93. The Hall–Kier alpha value is -2.38. The molecule has 1 aliphatic heterocycles. The van der Waals surface area contributed by atoms with Crippen LogP contribution in [0.2, 0.25) is 0 Å². The topological polar surface area (TPSA) is 66.9 Å². The van der Waals surface area contributed by atoms with E-state index in [1.165, 1.54) is 6.07 Å². The number of sulfonamides is 1. The maximum atomic E-state index is 13.1. The molecule has 0 bridgehead atoms. The molecule has 1 saturated heterocycles. The summed E-state index contributed by atoms with van der Waals surface area (Å²) in [4.78, 5) is 14.9. The van der Waals surface area contributed by atoms with Crippen LogP contribution in [0, 0.1) is 0 Å². The number of ether oxygens (including phenoxy) is 1. The van der Waals surface area contributed by atoms with Crippen molar-refractivity contribution in [2.45, 2.75) is 50.1 Å². The van der Waals surface area contributed by atoms with Gasteiger partial charge in [0.1, 0.15) is 5.75 Å². The molecule has 1 amide bonds. The maximum absolute atomic E-state index is 13.1. The molecule has 2 unspecified atom stereocenters. The Morgan fingerprint density at radius 2 is 1.87 bits per heavy atom. The molecule has 1 aliphatic rings. The Kier molecular flexibility index (Phi) is 6.83. The minimum absolute atomic E-state index is 0.0270. The molecular weight excluding hydrogens is 400 g/mol. The molecule has 1 fully saturated rings. The lowest BCUT2D eigenvalue weighted by atomic mass is 10.1. The van der Waals surface area contributed by atoms with Crippen molar-refractivity contribution in [3.05, 3.63) is 59.7 Å². The minimum atomic E-state index is -3.62. The smallest absolute Gasteiger partial charge is 0.254 e. The Balaban J connectivity index is 1.82. The summed E-state index contributed by atoms with van der Waals surface area (Å²) in [5.74, 6) is 0.534. The van der Waals surface area contributed by atoms with Crippen molar-refractivity contribution in [3.63, 3.8) is 0 Å². The summed E-state index contributed by atoms with van der Waals surface area (Å²) in [6.45, 7) is 4.40. The van der Waals surface area contributed by atoms with Gasteiger partial charge in [0, 0.05) is 25.2 Å². The number of benzene rings is 2. The molecule has 0 saturated carbocycles. The second-order valence-electron chi connectivity index (χ2n) is 7.85. The fourth-order valence-corrected chi connectivity index (χ4v) is 5.59. The first-order valence-corrected chi connectivity index (χ1v) is 11.7. The van der Waals surface area contributed by atoms with Gasteiger partial charge in [0.05, 0.1) is 18.0 Å². The van der Waals surface area contributed by atoms with Crippen molar-refractivity contribution in [2.24, 2.45) is 0 Å². The lowest BCUT2D eigenvalue weighted by Gasteiger charge is -2.32. The second kappa shape index (κ2) is 9.18. The van der Waals surface area contributed by atoms with E-state index in [0.29, 0.717) is 12.1 Å². The van der Waals surface area contributed by atoms with Crippen LogP contribution in [0.1, 0.15) is 55.1 Å². The van der Waals surface area contributed by atoms with E-state index in [9.17, 15) is 13.2 Å². The van der Waals surface area contributed by atoms with Gasteiger partial charge in [-0.05, 0) is 62.6 Å². The lowest BCUT2D eigenvalue weighted by molar-refractivity contribution is 0.0742. The van der Waals surface area contributed by atoms with Crippen molar-refractivity contribution in [2.75, 3.05) is 20.7 Å². The Bertz CT molecular complexity index is 989. The Morgan fingerprint density at radius 3 is 2.50 bits per heavy atom. The molecule has 2 aromatic rings. The number of amides is 1. The molecule has 30 heavy (non-hydrogen) atoms. The Labute approximate surface area is 179 Å². The fourth-order valence-electron chi connectivity index (χ4n) is 3.84. The van der Waals surface area contributed by atoms with Gasteiger partial charge in [0.2, 0.25) is 10.0 Å². The first-order valence-electron chi connectivity index (χ1n) is 10.3. The molecule has 0 aliphatic carbocycles. The van der Waals surface area contributed by atoms with Crippen molar-refractivity contribution >= 4 is 15.9 Å². The SMILES string of the molecule is COc1ccc(C(C)N(C)C(=O)c2cccc(S(=O)(=O)N3CCCCC3C)c2)cc1. The van der Waals surface area contributed by atoms with Crippen LogP contribution in [-0.2, 0) is 10.0 Å².